The van der Waals surface area contributed by atoms with Gasteiger partial charge in [-0.2, -0.15) is 0 Å². The molecule has 1 aromatic carbocycles. The summed E-state index contributed by atoms with van der Waals surface area (Å²) in [4.78, 5) is 10.5. The Hall–Kier alpha value is -0.960. The van der Waals surface area contributed by atoms with Crippen molar-refractivity contribution in [2.75, 3.05) is 5.32 Å². The predicted molar refractivity (Wildman–Crippen MR) is 75.7 cm³/mol. The topological polar surface area (TPSA) is 64.4 Å². The molecule has 102 valence electrons. The summed E-state index contributed by atoms with van der Waals surface area (Å²) in [7, 11) is 0. The number of nitrogens with one attached hydrogen (secondary N) is 1. The minimum atomic E-state index is -0.488. The van der Waals surface area contributed by atoms with Gasteiger partial charge in [0.1, 0.15) is 11.5 Å². The standard InChI is InChI=1S/C12H12FIN2O3/c13-7-4-9(11(16(17)18)5-8(7)14)15-10-3-6-1-2-12(10)19-6/h4-6,10,12,15H,1-3H2. The highest BCUT2D eigenvalue weighted by atomic mass is 127. The van der Waals surface area contributed by atoms with Gasteiger partial charge < -0.3 is 10.1 Å². The Morgan fingerprint density at radius 2 is 2.26 bits per heavy atom. The fraction of sp³-hybridized carbons (Fsp3) is 0.500. The van der Waals surface area contributed by atoms with Crippen LogP contribution in [0.1, 0.15) is 19.3 Å². The Morgan fingerprint density at radius 1 is 1.47 bits per heavy atom. The number of hydrogen-bond acceptors (Lipinski definition) is 4. The van der Waals surface area contributed by atoms with Gasteiger partial charge in [-0.3, -0.25) is 10.1 Å². The third-order valence-corrected chi connectivity index (χ3v) is 4.51. The number of benzene rings is 1. The molecule has 0 aromatic heterocycles. The summed E-state index contributed by atoms with van der Waals surface area (Å²) in [5, 5.41) is 14.1. The molecule has 0 radical (unpaired) electrons. The van der Waals surface area contributed by atoms with E-state index in [4.69, 9.17) is 4.74 Å². The van der Waals surface area contributed by atoms with Gasteiger partial charge in [0.2, 0.25) is 0 Å². The summed E-state index contributed by atoms with van der Waals surface area (Å²) in [5.74, 6) is -0.447. The van der Waals surface area contributed by atoms with E-state index in [-0.39, 0.29) is 33.2 Å². The second-order valence-corrected chi connectivity index (χ2v) is 6.06. The summed E-state index contributed by atoms with van der Waals surface area (Å²) in [6.07, 6.45) is 3.17. The van der Waals surface area contributed by atoms with E-state index in [1.54, 1.807) is 22.6 Å². The van der Waals surface area contributed by atoms with E-state index >= 15 is 0 Å². The lowest BCUT2D eigenvalue weighted by atomic mass is 9.95. The first kappa shape index (κ1) is 13.0. The molecule has 3 unspecified atom stereocenters. The molecule has 7 heteroatoms. The average molecular weight is 378 g/mol. The molecule has 5 nitrogen and oxygen atoms in total. The number of hydrogen-bond donors (Lipinski definition) is 1. The van der Waals surface area contributed by atoms with E-state index in [0.29, 0.717) is 0 Å². The van der Waals surface area contributed by atoms with Crippen LogP contribution in [0.5, 0.6) is 0 Å². The SMILES string of the molecule is O=[N+]([O-])c1cc(I)c(F)cc1NC1CC2CCC1O2. The number of halogens is 2. The molecule has 2 aliphatic rings. The third kappa shape index (κ3) is 2.40. The Labute approximate surface area is 122 Å². The van der Waals surface area contributed by atoms with Crippen molar-refractivity contribution in [2.24, 2.45) is 0 Å². The van der Waals surface area contributed by atoms with Crippen molar-refractivity contribution in [3.63, 3.8) is 0 Å². The number of anilines is 1. The Bertz CT molecular complexity index is 540. The van der Waals surface area contributed by atoms with Crippen molar-refractivity contribution in [3.05, 3.63) is 31.6 Å². The molecule has 2 heterocycles. The van der Waals surface area contributed by atoms with Gasteiger partial charge >= 0.3 is 0 Å². The van der Waals surface area contributed by atoms with Gasteiger partial charge in [0, 0.05) is 12.1 Å². The maximum Gasteiger partial charge on any atom is 0.293 e. The van der Waals surface area contributed by atoms with Crippen LogP contribution in [0.3, 0.4) is 0 Å². The zero-order chi connectivity index (χ0) is 13.6. The van der Waals surface area contributed by atoms with Crippen LogP contribution < -0.4 is 5.32 Å². The molecule has 1 N–H and O–H groups in total. The molecule has 2 aliphatic heterocycles. The van der Waals surface area contributed by atoms with Gasteiger partial charge in [-0.25, -0.2) is 4.39 Å². The van der Waals surface area contributed by atoms with Crippen LogP contribution in [0.4, 0.5) is 15.8 Å². The number of nitro benzene ring substituents is 1. The average Bonchev–Trinajstić information content (AvgIpc) is 2.95. The summed E-state index contributed by atoms with van der Waals surface area (Å²) in [6, 6.07) is 2.50. The first-order chi connectivity index (χ1) is 9.04. The van der Waals surface area contributed by atoms with Gasteiger partial charge in [-0.05, 0) is 41.9 Å². The van der Waals surface area contributed by atoms with Crippen LogP contribution in [0, 0.1) is 19.5 Å². The highest BCUT2D eigenvalue weighted by Gasteiger charge is 2.41. The zero-order valence-electron chi connectivity index (χ0n) is 9.94. The number of ether oxygens (including phenoxy) is 1. The summed E-state index contributed by atoms with van der Waals surface area (Å²) < 4.78 is 19.5. The molecule has 2 saturated heterocycles. The van der Waals surface area contributed by atoms with E-state index in [0.717, 1.165) is 19.3 Å². The summed E-state index contributed by atoms with van der Waals surface area (Å²) in [6.45, 7) is 0. The molecule has 19 heavy (non-hydrogen) atoms. The second-order valence-electron chi connectivity index (χ2n) is 4.90. The maximum absolute atomic E-state index is 13.6. The lowest BCUT2D eigenvalue weighted by Gasteiger charge is -2.21. The molecular weight excluding hydrogens is 366 g/mol. The van der Waals surface area contributed by atoms with Crippen LogP contribution in [0.25, 0.3) is 0 Å². The van der Waals surface area contributed by atoms with Gasteiger partial charge in [0.25, 0.3) is 5.69 Å². The van der Waals surface area contributed by atoms with E-state index in [9.17, 15) is 14.5 Å². The molecule has 0 saturated carbocycles. The highest BCUT2D eigenvalue weighted by molar-refractivity contribution is 14.1. The van der Waals surface area contributed by atoms with Crippen molar-refractivity contribution < 1.29 is 14.1 Å². The summed E-state index contributed by atoms with van der Waals surface area (Å²) >= 11 is 1.75. The van der Waals surface area contributed by atoms with Crippen LogP contribution in [-0.4, -0.2) is 23.2 Å². The largest absolute Gasteiger partial charge is 0.374 e. The van der Waals surface area contributed by atoms with Gasteiger partial charge in [-0.1, -0.05) is 0 Å². The van der Waals surface area contributed by atoms with Crippen LogP contribution in [0.15, 0.2) is 12.1 Å². The molecule has 0 amide bonds. The molecule has 3 atom stereocenters. The van der Waals surface area contributed by atoms with Crippen LogP contribution in [0.2, 0.25) is 0 Å². The number of rotatable bonds is 3. The molecule has 0 aliphatic carbocycles. The minimum absolute atomic E-state index is 0.0388. The lowest BCUT2D eigenvalue weighted by molar-refractivity contribution is -0.384. The Morgan fingerprint density at radius 3 is 2.84 bits per heavy atom. The molecule has 3 rings (SSSR count). The normalized spacial score (nSPS) is 28.6. The molecule has 2 fully saturated rings. The first-order valence-corrected chi connectivity index (χ1v) is 7.18. The first-order valence-electron chi connectivity index (χ1n) is 6.10. The quantitative estimate of drug-likeness (QED) is 0.499. The van der Waals surface area contributed by atoms with Gasteiger partial charge in [0.15, 0.2) is 0 Å². The number of fused-ring (bicyclic) bond motifs is 2. The van der Waals surface area contributed by atoms with E-state index in [1.165, 1.54) is 12.1 Å². The summed E-state index contributed by atoms with van der Waals surface area (Å²) in [5.41, 5.74) is 0.151. The van der Waals surface area contributed by atoms with Crippen molar-refractivity contribution in [1.82, 2.24) is 0 Å². The Balaban J connectivity index is 1.87. The molecule has 2 bridgehead atoms. The van der Waals surface area contributed by atoms with Gasteiger partial charge in [-0.15, -0.1) is 0 Å². The maximum atomic E-state index is 13.6. The van der Waals surface area contributed by atoms with E-state index < -0.39 is 10.7 Å². The molecule has 0 spiro atoms. The minimum Gasteiger partial charge on any atom is -0.374 e. The monoisotopic (exact) mass is 378 g/mol. The van der Waals surface area contributed by atoms with Crippen molar-refractivity contribution >= 4 is 34.0 Å². The zero-order valence-corrected chi connectivity index (χ0v) is 12.1. The Kier molecular flexibility index (Phi) is 3.34. The highest BCUT2D eigenvalue weighted by Crippen LogP contribution is 2.38. The van der Waals surface area contributed by atoms with Crippen LogP contribution >= 0.6 is 22.6 Å². The van der Waals surface area contributed by atoms with Crippen molar-refractivity contribution in [1.29, 1.82) is 0 Å². The predicted octanol–water partition coefficient (Wildman–Crippen LogP) is 3.07. The molecular formula is C12H12FIN2O3. The van der Waals surface area contributed by atoms with Crippen molar-refractivity contribution in [2.45, 2.75) is 37.5 Å². The molecule has 1 aromatic rings. The smallest absolute Gasteiger partial charge is 0.293 e. The van der Waals surface area contributed by atoms with Crippen molar-refractivity contribution in [3.8, 4) is 0 Å². The second kappa shape index (κ2) is 4.86. The van der Waals surface area contributed by atoms with Crippen LogP contribution in [-0.2, 0) is 4.74 Å². The third-order valence-electron chi connectivity index (χ3n) is 3.68. The number of nitro groups is 1. The van der Waals surface area contributed by atoms with E-state index in [2.05, 4.69) is 5.32 Å². The lowest BCUT2D eigenvalue weighted by Crippen LogP contribution is -2.30. The number of nitrogens with zero attached hydrogens (tertiary/aromatic N) is 1. The van der Waals surface area contributed by atoms with Gasteiger partial charge in [0.05, 0.1) is 26.7 Å². The fourth-order valence-corrected chi connectivity index (χ4v) is 3.24. The van der Waals surface area contributed by atoms with E-state index in [1.807, 2.05) is 0 Å². The fourth-order valence-electron chi connectivity index (χ4n) is 2.79.